The molecule has 130 valence electrons. The molecule has 1 saturated heterocycles. The molecular weight excluding hydrogens is 278 g/mol. The molecule has 0 saturated carbocycles. The van der Waals surface area contributed by atoms with Gasteiger partial charge in [0.05, 0.1) is 6.04 Å². The molecule has 3 N–H and O–H groups in total. The van der Waals surface area contributed by atoms with Crippen LogP contribution in [-0.4, -0.2) is 66.2 Å². The van der Waals surface area contributed by atoms with Crippen molar-refractivity contribution in [2.24, 2.45) is 11.7 Å². The average molecular weight is 313 g/mol. The van der Waals surface area contributed by atoms with Crippen molar-refractivity contribution in [3.63, 3.8) is 0 Å². The predicted molar refractivity (Wildman–Crippen MR) is 90.6 cm³/mol. The van der Waals surface area contributed by atoms with E-state index >= 15 is 0 Å². The zero-order chi connectivity index (χ0) is 16.4. The molecule has 1 atom stereocenters. The number of piperazine rings is 1. The fraction of sp³-hybridized carbons (Fsp3) is 0.941. The van der Waals surface area contributed by atoms with Gasteiger partial charge < -0.3 is 15.7 Å². The lowest BCUT2D eigenvalue weighted by atomic mass is 10.1. The topological polar surface area (TPSA) is 69.8 Å². The van der Waals surface area contributed by atoms with Crippen LogP contribution in [0.15, 0.2) is 0 Å². The number of hydrogen-bond donors (Lipinski definition) is 2. The van der Waals surface area contributed by atoms with Gasteiger partial charge in [-0.3, -0.25) is 9.69 Å². The second kappa shape index (κ2) is 11.0. The van der Waals surface area contributed by atoms with E-state index in [0.717, 1.165) is 51.5 Å². The minimum atomic E-state index is -0.399. The maximum absolute atomic E-state index is 12.3. The number of aliphatic hydroxyl groups is 1. The Morgan fingerprint density at radius 2 is 1.68 bits per heavy atom. The first-order valence-electron chi connectivity index (χ1n) is 8.92. The van der Waals surface area contributed by atoms with E-state index in [-0.39, 0.29) is 12.5 Å². The molecule has 5 nitrogen and oxygen atoms in total. The molecule has 0 aromatic rings. The maximum atomic E-state index is 12.3. The summed E-state index contributed by atoms with van der Waals surface area (Å²) < 4.78 is 0. The van der Waals surface area contributed by atoms with Gasteiger partial charge in [0.25, 0.3) is 0 Å². The zero-order valence-electron chi connectivity index (χ0n) is 14.5. The van der Waals surface area contributed by atoms with Gasteiger partial charge in [-0.1, -0.05) is 26.7 Å². The van der Waals surface area contributed by atoms with Crippen LogP contribution in [0.3, 0.4) is 0 Å². The van der Waals surface area contributed by atoms with Crippen LogP contribution >= 0.6 is 0 Å². The van der Waals surface area contributed by atoms with Crippen molar-refractivity contribution < 1.29 is 9.90 Å². The molecule has 0 bridgehead atoms. The summed E-state index contributed by atoms with van der Waals surface area (Å²) in [4.78, 5) is 16.6. The van der Waals surface area contributed by atoms with Crippen LogP contribution in [0, 0.1) is 5.92 Å². The van der Waals surface area contributed by atoms with E-state index in [0.29, 0.717) is 6.42 Å². The number of rotatable bonds is 10. The number of amides is 1. The summed E-state index contributed by atoms with van der Waals surface area (Å²) in [5.74, 6) is 0.874. The highest BCUT2D eigenvalue weighted by molar-refractivity contribution is 5.81. The van der Waals surface area contributed by atoms with E-state index < -0.39 is 6.04 Å². The van der Waals surface area contributed by atoms with E-state index in [9.17, 15) is 4.79 Å². The first kappa shape index (κ1) is 19.4. The molecule has 22 heavy (non-hydrogen) atoms. The Morgan fingerprint density at radius 1 is 1.05 bits per heavy atom. The van der Waals surface area contributed by atoms with Crippen molar-refractivity contribution in [2.75, 3.05) is 39.3 Å². The van der Waals surface area contributed by atoms with Gasteiger partial charge in [0.1, 0.15) is 0 Å². The van der Waals surface area contributed by atoms with Gasteiger partial charge >= 0.3 is 0 Å². The molecule has 0 aromatic heterocycles. The highest BCUT2D eigenvalue weighted by atomic mass is 16.2. The molecule has 1 unspecified atom stereocenters. The monoisotopic (exact) mass is 313 g/mol. The molecule has 1 aliphatic rings. The normalized spacial score (nSPS) is 18.0. The molecule has 1 amide bonds. The van der Waals surface area contributed by atoms with Crippen molar-refractivity contribution in [3.8, 4) is 0 Å². The summed E-state index contributed by atoms with van der Waals surface area (Å²) in [7, 11) is 0. The van der Waals surface area contributed by atoms with E-state index in [2.05, 4.69) is 18.7 Å². The van der Waals surface area contributed by atoms with Crippen LogP contribution < -0.4 is 5.73 Å². The number of unbranched alkanes of at least 4 members (excludes halogenated alkanes) is 2. The highest BCUT2D eigenvalue weighted by Crippen LogP contribution is 2.10. The summed E-state index contributed by atoms with van der Waals surface area (Å²) in [6.07, 6.45) is 6.08. The van der Waals surface area contributed by atoms with Gasteiger partial charge in [0.2, 0.25) is 5.91 Å². The predicted octanol–water partition coefficient (Wildman–Crippen LogP) is 1.45. The number of nitrogens with zero attached hydrogens (tertiary/aromatic N) is 2. The van der Waals surface area contributed by atoms with Crippen LogP contribution in [0.1, 0.15) is 52.4 Å². The van der Waals surface area contributed by atoms with E-state index in [1.54, 1.807) is 0 Å². The second-order valence-electron chi connectivity index (χ2n) is 6.88. The van der Waals surface area contributed by atoms with Gasteiger partial charge in [-0.2, -0.15) is 0 Å². The molecule has 1 heterocycles. The molecule has 1 rings (SSSR count). The van der Waals surface area contributed by atoms with E-state index in [1.807, 2.05) is 4.90 Å². The molecule has 5 heteroatoms. The first-order valence-corrected chi connectivity index (χ1v) is 8.92. The van der Waals surface area contributed by atoms with Crippen molar-refractivity contribution in [3.05, 3.63) is 0 Å². The Morgan fingerprint density at radius 3 is 2.27 bits per heavy atom. The smallest absolute Gasteiger partial charge is 0.239 e. The van der Waals surface area contributed by atoms with Crippen LogP contribution in [0.2, 0.25) is 0 Å². The standard InChI is InChI=1S/C17H35N3O2/c1-15(2)7-3-5-9-19-10-12-20(13-11-19)17(22)16(18)8-4-6-14-21/h15-16,21H,3-14,18H2,1-2H3. The van der Waals surface area contributed by atoms with Crippen molar-refractivity contribution in [1.82, 2.24) is 9.80 Å². The summed E-state index contributed by atoms with van der Waals surface area (Å²) in [6.45, 7) is 9.41. The van der Waals surface area contributed by atoms with Gasteiger partial charge in [0, 0.05) is 32.8 Å². The second-order valence-corrected chi connectivity index (χ2v) is 6.88. The fourth-order valence-corrected chi connectivity index (χ4v) is 2.91. The number of nitrogens with two attached hydrogens (primary N) is 1. The minimum Gasteiger partial charge on any atom is -0.396 e. The molecule has 0 spiro atoms. The van der Waals surface area contributed by atoms with Crippen LogP contribution in [-0.2, 0) is 4.79 Å². The number of aliphatic hydroxyl groups excluding tert-OH is 1. The van der Waals surface area contributed by atoms with Gasteiger partial charge in [0.15, 0.2) is 0 Å². The first-order chi connectivity index (χ1) is 10.5. The summed E-state index contributed by atoms with van der Waals surface area (Å²) in [5.41, 5.74) is 5.96. The van der Waals surface area contributed by atoms with E-state index in [1.165, 1.54) is 19.3 Å². The number of hydrogen-bond acceptors (Lipinski definition) is 4. The van der Waals surface area contributed by atoms with Gasteiger partial charge in [-0.05, 0) is 38.1 Å². The van der Waals surface area contributed by atoms with Crippen molar-refractivity contribution >= 4 is 5.91 Å². The van der Waals surface area contributed by atoms with Gasteiger partial charge in [-0.25, -0.2) is 0 Å². The summed E-state index contributed by atoms with van der Waals surface area (Å²) in [6, 6.07) is -0.399. The molecule has 0 aromatic carbocycles. The molecule has 1 fully saturated rings. The Hall–Kier alpha value is -0.650. The largest absolute Gasteiger partial charge is 0.396 e. The van der Waals surface area contributed by atoms with Gasteiger partial charge in [-0.15, -0.1) is 0 Å². The third-order valence-corrected chi connectivity index (χ3v) is 4.43. The maximum Gasteiger partial charge on any atom is 0.239 e. The molecule has 1 aliphatic heterocycles. The molecule has 0 radical (unpaired) electrons. The lowest BCUT2D eigenvalue weighted by Gasteiger charge is -2.36. The summed E-state index contributed by atoms with van der Waals surface area (Å²) in [5, 5.41) is 8.77. The van der Waals surface area contributed by atoms with Crippen molar-refractivity contribution in [2.45, 2.75) is 58.4 Å². The third-order valence-electron chi connectivity index (χ3n) is 4.43. The quantitative estimate of drug-likeness (QED) is 0.599. The zero-order valence-corrected chi connectivity index (χ0v) is 14.5. The van der Waals surface area contributed by atoms with E-state index in [4.69, 9.17) is 10.8 Å². The number of carbonyl (C=O) groups excluding carboxylic acids is 1. The Balaban J connectivity index is 2.16. The minimum absolute atomic E-state index is 0.0809. The van der Waals surface area contributed by atoms with Crippen LogP contribution in [0.5, 0.6) is 0 Å². The lowest BCUT2D eigenvalue weighted by Crippen LogP contribution is -2.53. The molecular formula is C17H35N3O2. The van der Waals surface area contributed by atoms with Crippen molar-refractivity contribution in [1.29, 1.82) is 0 Å². The summed E-state index contributed by atoms with van der Waals surface area (Å²) >= 11 is 0. The van der Waals surface area contributed by atoms with Crippen LogP contribution in [0.4, 0.5) is 0 Å². The Labute approximate surface area is 135 Å². The third kappa shape index (κ3) is 7.56. The lowest BCUT2D eigenvalue weighted by molar-refractivity contribution is -0.134. The fourth-order valence-electron chi connectivity index (χ4n) is 2.91. The van der Waals surface area contributed by atoms with Crippen LogP contribution in [0.25, 0.3) is 0 Å². The number of carbonyl (C=O) groups is 1. The Kier molecular flexibility index (Phi) is 9.68. The Bertz CT molecular complexity index is 302. The molecule has 0 aliphatic carbocycles. The SMILES string of the molecule is CC(C)CCCCN1CCN(C(=O)C(N)CCCCO)CC1. The highest BCUT2D eigenvalue weighted by Gasteiger charge is 2.24. The average Bonchev–Trinajstić information content (AvgIpc) is 2.51.